The van der Waals surface area contributed by atoms with Gasteiger partial charge >= 0.3 is 0 Å². The van der Waals surface area contributed by atoms with Gasteiger partial charge in [0, 0.05) is 30.5 Å². The molecular weight excluding hydrogens is 320 g/mol. The molecule has 0 saturated carbocycles. The van der Waals surface area contributed by atoms with Crippen molar-refractivity contribution in [2.24, 2.45) is 11.3 Å². The number of hydrogen-bond donors (Lipinski definition) is 1. The van der Waals surface area contributed by atoms with Gasteiger partial charge < -0.3 is 19.7 Å². The predicted octanol–water partition coefficient (Wildman–Crippen LogP) is 2.93. The maximum Gasteiger partial charge on any atom is 0.227 e. The molecule has 1 aromatic rings. The van der Waals surface area contributed by atoms with Crippen molar-refractivity contribution >= 4 is 17.5 Å². The predicted molar refractivity (Wildman–Crippen MR) is 96.9 cm³/mol. The second kappa shape index (κ2) is 7.76. The highest BCUT2D eigenvalue weighted by Crippen LogP contribution is 2.30. The van der Waals surface area contributed by atoms with Crippen LogP contribution in [0.25, 0.3) is 0 Å². The van der Waals surface area contributed by atoms with Crippen LogP contribution in [0.3, 0.4) is 0 Å². The average molecular weight is 348 g/mol. The number of benzene rings is 1. The lowest BCUT2D eigenvalue weighted by Crippen LogP contribution is -2.45. The second-order valence-corrected chi connectivity index (χ2v) is 7.37. The van der Waals surface area contributed by atoms with Crippen LogP contribution in [0.15, 0.2) is 18.2 Å². The van der Waals surface area contributed by atoms with E-state index < -0.39 is 0 Å². The minimum atomic E-state index is -0.386. The molecule has 1 aliphatic heterocycles. The monoisotopic (exact) mass is 348 g/mol. The fourth-order valence-corrected chi connectivity index (χ4v) is 2.97. The van der Waals surface area contributed by atoms with E-state index in [2.05, 4.69) is 5.32 Å². The number of piperidine rings is 1. The molecule has 0 aliphatic carbocycles. The molecule has 2 rings (SSSR count). The van der Waals surface area contributed by atoms with Crippen LogP contribution >= 0.6 is 0 Å². The summed E-state index contributed by atoms with van der Waals surface area (Å²) in [7, 11) is 3.14. The fourth-order valence-electron chi connectivity index (χ4n) is 2.97. The van der Waals surface area contributed by atoms with Gasteiger partial charge in [0.25, 0.3) is 0 Å². The lowest BCUT2D eigenvalue weighted by atomic mass is 9.90. The third-order valence-corrected chi connectivity index (χ3v) is 4.46. The molecule has 1 fully saturated rings. The van der Waals surface area contributed by atoms with Crippen LogP contribution in [0.4, 0.5) is 5.69 Å². The molecule has 2 amide bonds. The van der Waals surface area contributed by atoms with Gasteiger partial charge in [0.1, 0.15) is 11.5 Å². The van der Waals surface area contributed by atoms with E-state index in [4.69, 9.17) is 9.47 Å². The van der Waals surface area contributed by atoms with Crippen LogP contribution < -0.4 is 14.8 Å². The van der Waals surface area contributed by atoms with E-state index in [-0.39, 0.29) is 23.1 Å². The maximum absolute atomic E-state index is 12.6. The van der Waals surface area contributed by atoms with Gasteiger partial charge in [-0.1, -0.05) is 20.8 Å². The Hall–Kier alpha value is -2.24. The van der Waals surface area contributed by atoms with E-state index >= 15 is 0 Å². The zero-order valence-electron chi connectivity index (χ0n) is 15.7. The summed E-state index contributed by atoms with van der Waals surface area (Å²) in [6, 6.07) is 5.29. The largest absolute Gasteiger partial charge is 0.497 e. The highest BCUT2D eigenvalue weighted by Gasteiger charge is 2.32. The van der Waals surface area contributed by atoms with E-state index in [9.17, 15) is 9.59 Å². The van der Waals surface area contributed by atoms with Gasteiger partial charge in [-0.2, -0.15) is 0 Å². The number of likely N-dealkylation sites (tertiary alicyclic amines) is 1. The lowest BCUT2D eigenvalue weighted by Gasteiger charge is -2.35. The van der Waals surface area contributed by atoms with Crippen LogP contribution in [0, 0.1) is 11.3 Å². The van der Waals surface area contributed by atoms with Gasteiger partial charge in [0.2, 0.25) is 11.8 Å². The summed E-state index contributed by atoms with van der Waals surface area (Å²) >= 11 is 0. The van der Waals surface area contributed by atoms with E-state index in [0.29, 0.717) is 43.1 Å². The van der Waals surface area contributed by atoms with Gasteiger partial charge in [-0.25, -0.2) is 0 Å². The first-order valence-electron chi connectivity index (χ1n) is 8.58. The van der Waals surface area contributed by atoms with Gasteiger partial charge in [0.15, 0.2) is 0 Å². The molecule has 138 valence electrons. The summed E-state index contributed by atoms with van der Waals surface area (Å²) in [5, 5.41) is 2.93. The fraction of sp³-hybridized carbons (Fsp3) is 0.579. The maximum atomic E-state index is 12.6. The van der Waals surface area contributed by atoms with Crippen molar-refractivity contribution in [1.82, 2.24) is 4.90 Å². The average Bonchev–Trinajstić information content (AvgIpc) is 2.60. The molecular formula is C19H28N2O4. The summed E-state index contributed by atoms with van der Waals surface area (Å²) in [6.07, 6.45) is 1.33. The Morgan fingerprint density at radius 2 is 1.76 bits per heavy atom. The first-order chi connectivity index (χ1) is 11.8. The number of hydrogen-bond acceptors (Lipinski definition) is 4. The van der Waals surface area contributed by atoms with Crippen molar-refractivity contribution < 1.29 is 19.1 Å². The molecule has 0 aromatic heterocycles. The van der Waals surface area contributed by atoms with Crippen LogP contribution in [0.2, 0.25) is 0 Å². The Morgan fingerprint density at radius 3 is 2.28 bits per heavy atom. The number of carbonyl (C=O) groups excluding carboxylic acids is 2. The third kappa shape index (κ3) is 4.65. The van der Waals surface area contributed by atoms with E-state index in [1.54, 1.807) is 32.4 Å². The molecule has 0 radical (unpaired) electrons. The number of ether oxygens (including phenoxy) is 2. The summed E-state index contributed by atoms with van der Waals surface area (Å²) in [5.74, 6) is 1.23. The molecule has 6 nitrogen and oxygen atoms in total. The topological polar surface area (TPSA) is 67.9 Å². The van der Waals surface area contributed by atoms with E-state index in [1.165, 1.54) is 0 Å². The molecule has 0 atom stereocenters. The van der Waals surface area contributed by atoms with Gasteiger partial charge in [-0.3, -0.25) is 9.59 Å². The first kappa shape index (κ1) is 19.1. The van der Waals surface area contributed by atoms with Gasteiger partial charge in [0.05, 0.1) is 19.9 Å². The first-order valence-corrected chi connectivity index (χ1v) is 8.58. The molecule has 0 bridgehead atoms. The quantitative estimate of drug-likeness (QED) is 0.908. The number of rotatable bonds is 4. The van der Waals surface area contributed by atoms with Crippen molar-refractivity contribution in [2.75, 3.05) is 32.6 Å². The number of amides is 2. The van der Waals surface area contributed by atoms with Crippen LogP contribution in [0.5, 0.6) is 11.5 Å². The molecule has 1 aromatic carbocycles. The molecule has 1 N–H and O–H groups in total. The Kier molecular flexibility index (Phi) is 5.93. The molecule has 6 heteroatoms. The van der Waals surface area contributed by atoms with Gasteiger partial charge in [-0.05, 0) is 25.0 Å². The van der Waals surface area contributed by atoms with Crippen molar-refractivity contribution in [1.29, 1.82) is 0 Å². The third-order valence-electron chi connectivity index (χ3n) is 4.46. The Bertz CT molecular complexity index is 629. The number of nitrogens with zero attached hydrogens (tertiary/aromatic N) is 1. The second-order valence-electron chi connectivity index (χ2n) is 7.37. The number of carbonyl (C=O) groups is 2. The highest BCUT2D eigenvalue weighted by atomic mass is 16.5. The minimum Gasteiger partial charge on any atom is -0.497 e. The normalized spacial score (nSPS) is 15.6. The standard InChI is InChI=1S/C19H28N2O4/c1-19(2,3)18(23)21-10-8-13(9-11-21)17(22)20-15-12-14(24-4)6-7-16(15)25-5/h6-7,12-13H,8-11H2,1-5H3,(H,20,22). The summed E-state index contributed by atoms with van der Waals surface area (Å²) < 4.78 is 10.5. The van der Waals surface area contributed by atoms with Crippen LogP contribution in [-0.4, -0.2) is 44.0 Å². The Balaban J connectivity index is 1.98. The van der Waals surface area contributed by atoms with E-state index in [1.807, 2.05) is 25.7 Å². The Morgan fingerprint density at radius 1 is 1.12 bits per heavy atom. The highest BCUT2D eigenvalue weighted by molar-refractivity contribution is 5.94. The van der Waals surface area contributed by atoms with Crippen LogP contribution in [0.1, 0.15) is 33.6 Å². The van der Waals surface area contributed by atoms with Crippen molar-refractivity contribution in [2.45, 2.75) is 33.6 Å². The zero-order valence-corrected chi connectivity index (χ0v) is 15.7. The minimum absolute atomic E-state index is 0.0468. The molecule has 1 heterocycles. The molecule has 0 spiro atoms. The van der Waals surface area contributed by atoms with Crippen molar-refractivity contribution in [3.8, 4) is 11.5 Å². The zero-order chi connectivity index (χ0) is 18.6. The summed E-state index contributed by atoms with van der Waals surface area (Å²) in [6.45, 7) is 6.99. The summed E-state index contributed by atoms with van der Waals surface area (Å²) in [4.78, 5) is 26.8. The number of methoxy groups -OCH3 is 2. The van der Waals surface area contributed by atoms with Crippen LogP contribution in [-0.2, 0) is 9.59 Å². The molecule has 25 heavy (non-hydrogen) atoms. The van der Waals surface area contributed by atoms with Crippen molar-refractivity contribution in [3.63, 3.8) is 0 Å². The van der Waals surface area contributed by atoms with Crippen molar-refractivity contribution in [3.05, 3.63) is 18.2 Å². The smallest absolute Gasteiger partial charge is 0.227 e. The molecule has 0 unspecified atom stereocenters. The number of nitrogens with one attached hydrogen (secondary N) is 1. The summed E-state index contributed by atoms with van der Waals surface area (Å²) in [5.41, 5.74) is 0.211. The molecule has 1 saturated heterocycles. The molecule has 1 aliphatic rings. The lowest BCUT2D eigenvalue weighted by molar-refractivity contribution is -0.142. The number of anilines is 1. The SMILES string of the molecule is COc1ccc(OC)c(NC(=O)C2CCN(C(=O)C(C)(C)C)CC2)c1. The Labute approximate surface area is 149 Å². The van der Waals surface area contributed by atoms with Gasteiger partial charge in [-0.15, -0.1) is 0 Å². The van der Waals surface area contributed by atoms with E-state index in [0.717, 1.165) is 0 Å².